The molecule has 2 nitrogen and oxygen atoms in total. The van der Waals surface area contributed by atoms with E-state index >= 15 is 0 Å². The molecule has 0 bridgehead atoms. The minimum atomic E-state index is 0.201. The van der Waals surface area contributed by atoms with Crippen LogP contribution in [-0.2, 0) is 5.41 Å². The average molecular weight is 292 g/mol. The van der Waals surface area contributed by atoms with Crippen LogP contribution >= 0.6 is 11.8 Å². The van der Waals surface area contributed by atoms with Gasteiger partial charge in [-0.15, -0.1) is 0 Å². The van der Waals surface area contributed by atoms with Gasteiger partial charge in [-0.3, -0.25) is 0 Å². The zero-order valence-electron chi connectivity index (χ0n) is 12.9. The van der Waals surface area contributed by atoms with Gasteiger partial charge in [0.05, 0.1) is 0 Å². The number of benzene rings is 1. The van der Waals surface area contributed by atoms with Crippen LogP contribution in [0, 0.1) is 0 Å². The lowest BCUT2D eigenvalue weighted by molar-refractivity contribution is 0.225. The Kier molecular flexibility index (Phi) is 6.40. The van der Waals surface area contributed by atoms with Crippen molar-refractivity contribution in [2.45, 2.75) is 25.7 Å². The molecule has 1 N–H and O–H groups in total. The molecule has 2 rings (SSSR count). The Labute approximate surface area is 128 Å². The lowest BCUT2D eigenvalue weighted by atomic mass is 9.81. The highest BCUT2D eigenvalue weighted by Crippen LogP contribution is 2.25. The summed E-state index contributed by atoms with van der Waals surface area (Å²) < 4.78 is 0. The molecule has 1 aliphatic heterocycles. The van der Waals surface area contributed by atoms with E-state index in [0.717, 1.165) is 19.6 Å². The fraction of sp³-hybridized carbons (Fsp3) is 0.647. The van der Waals surface area contributed by atoms with Gasteiger partial charge in [-0.05, 0) is 30.8 Å². The third kappa shape index (κ3) is 4.51. The van der Waals surface area contributed by atoms with E-state index < -0.39 is 0 Å². The molecular weight excluding hydrogens is 264 g/mol. The Morgan fingerprint density at radius 3 is 2.75 bits per heavy atom. The first-order valence-corrected chi connectivity index (χ1v) is 8.96. The van der Waals surface area contributed by atoms with Crippen molar-refractivity contribution in [3.05, 3.63) is 35.9 Å². The van der Waals surface area contributed by atoms with Gasteiger partial charge in [-0.2, -0.15) is 11.8 Å². The average Bonchev–Trinajstić information content (AvgIpc) is 2.75. The van der Waals surface area contributed by atoms with Gasteiger partial charge < -0.3 is 10.2 Å². The molecule has 1 atom stereocenters. The fourth-order valence-electron chi connectivity index (χ4n) is 2.94. The van der Waals surface area contributed by atoms with Gasteiger partial charge in [0.25, 0.3) is 0 Å². The SMILES string of the molecule is CCNCC(C)(CN1CCCSCC1)c1ccccc1. The Balaban J connectivity index is 2.09. The molecule has 20 heavy (non-hydrogen) atoms. The predicted molar refractivity (Wildman–Crippen MR) is 90.7 cm³/mol. The summed E-state index contributed by atoms with van der Waals surface area (Å²) in [4.78, 5) is 2.66. The Bertz CT molecular complexity index is 374. The summed E-state index contributed by atoms with van der Waals surface area (Å²) in [6, 6.07) is 11.0. The monoisotopic (exact) mass is 292 g/mol. The number of nitrogens with one attached hydrogen (secondary N) is 1. The highest BCUT2D eigenvalue weighted by atomic mass is 32.2. The van der Waals surface area contributed by atoms with Gasteiger partial charge in [0, 0.05) is 30.8 Å². The first kappa shape index (κ1) is 15.9. The van der Waals surface area contributed by atoms with Crippen molar-refractivity contribution >= 4 is 11.8 Å². The molecule has 1 aliphatic rings. The zero-order valence-corrected chi connectivity index (χ0v) is 13.7. The number of likely N-dealkylation sites (N-methyl/N-ethyl adjacent to an activating group) is 1. The molecule has 0 spiro atoms. The van der Waals surface area contributed by atoms with E-state index in [-0.39, 0.29) is 5.41 Å². The van der Waals surface area contributed by atoms with E-state index in [1.807, 2.05) is 0 Å². The van der Waals surface area contributed by atoms with Crippen LogP contribution in [0.25, 0.3) is 0 Å². The maximum atomic E-state index is 3.56. The van der Waals surface area contributed by atoms with Gasteiger partial charge in [-0.1, -0.05) is 44.2 Å². The molecule has 0 aromatic heterocycles. The van der Waals surface area contributed by atoms with Gasteiger partial charge in [-0.25, -0.2) is 0 Å². The Hall–Kier alpha value is -0.510. The lowest BCUT2D eigenvalue weighted by Crippen LogP contribution is -2.46. The predicted octanol–water partition coefficient (Wildman–Crippen LogP) is 2.99. The minimum absolute atomic E-state index is 0.201. The van der Waals surface area contributed by atoms with Gasteiger partial charge >= 0.3 is 0 Å². The fourth-order valence-corrected chi connectivity index (χ4v) is 3.86. The summed E-state index contributed by atoms with van der Waals surface area (Å²) in [7, 11) is 0. The zero-order chi connectivity index (χ0) is 14.3. The van der Waals surface area contributed by atoms with E-state index in [4.69, 9.17) is 0 Å². The van der Waals surface area contributed by atoms with E-state index in [2.05, 4.69) is 66.2 Å². The first-order chi connectivity index (χ1) is 9.74. The van der Waals surface area contributed by atoms with Crippen molar-refractivity contribution in [1.82, 2.24) is 10.2 Å². The molecule has 1 aromatic carbocycles. The molecule has 1 saturated heterocycles. The van der Waals surface area contributed by atoms with Gasteiger partial charge in [0.1, 0.15) is 0 Å². The maximum absolute atomic E-state index is 3.56. The van der Waals surface area contributed by atoms with Crippen molar-refractivity contribution < 1.29 is 0 Å². The molecule has 0 amide bonds. The highest BCUT2D eigenvalue weighted by Gasteiger charge is 2.29. The number of nitrogens with zero attached hydrogens (tertiary/aromatic N) is 1. The van der Waals surface area contributed by atoms with Crippen LogP contribution in [0.2, 0.25) is 0 Å². The van der Waals surface area contributed by atoms with Crippen LogP contribution in [-0.4, -0.2) is 49.1 Å². The summed E-state index contributed by atoms with van der Waals surface area (Å²) in [5.41, 5.74) is 1.66. The largest absolute Gasteiger partial charge is 0.316 e. The summed E-state index contributed by atoms with van der Waals surface area (Å²) in [6.07, 6.45) is 1.33. The molecule has 0 saturated carbocycles. The Morgan fingerprint density at radius 1 is 1.20 bits per heavy atom. The molecule has 0 aliphatic carbocycles. The number of hydrogen-bond donors (Lipinski definition) is 1. The van der Waals surface area contributed by atoms with Gasteiger partial charge in [0.2, 0.25) is 0 Å². The molecule has 1 unspecified atom stereocenters. The lowest BCUT2D eigenvalue weighted by Gasteiger charge is -2.36. The summed E-state index contributed by atoms with van der Waals surface area (Å²) in [5, 5.41) is 3.56. The van der Waals surface area contributed by atoms with E-state index in [9.17, 15) is 0 Å². The molecule has 112 valence electrons. The highest BCUT2D eigenvalue weighted by molar-refractivity contribution is 7.99. The van der Waals surface area contributed by atoms with Crippen LogP contribution < -0.4 is 5.32 Å². The minimum Gasteiger partial charge on any atom is -0.316 e. The van der Waals surface area contributed by atoms with Crippen molar-refractivity contribution in [2.75, 3.05) is 44.2 Å². The maximum Gasteiger partial charge on any atom is 0.0177 e. The second kappa shape index (κ2) is 8.06. The second-order valence-corrected chi connectivity index (χ2v) is 7.17. The van der Waals surface area contributed by atoms with Crippen molar-refractivity contribution in [3.8, 4) is 0 Å². The third-order valence-corrected chi connectivity index (χ3v) is 5.17. The molecule has 1 fully saturated rings. The van der Waals surface area contributed by atoms with E-state index in [1.165, 1.54) is 36.6 Å². The normalized spacial score (nSPS) is 20.3. The first-order valence-electron chi connectivity index (χ1n) is 7.81. The number of hydrogen-bond acceptors (Lipinski definition) is 3. The Morgan fingerprint density at radius 2 is 2.00 bits per heavy atom. The number of rotatable bonds is 6. The smallest absolute Gasteiger partial charge is 0.0177 e. The van der Waals surface area contributed by atoms with Crippen LogP contribution in [0.5, 0.6) is 0 Å². The van der Waals surface area contributed by atoms with Crippen LogP contribution in [0.4, 0.5) is 0 Å². The van der Waals surface area contributed by atoms with Crippen molar-refractivity contribution in [2.24, 2.45) is 0 Å². The van der Waals surface area contributed by atoms with E-state index in [0.29, 0.717) is 0 Å². The quantitative estimate of drug-likeness (QED) is 0.868. The topological polar surface area (TPSA) is 15.3 Å². The molecule has 3 heteroatoms. The molecule has 1 aromatic rings. The summed E-state index contributed by atoms with van der Waals surface area (Å²) in [6.45, 7) is 10.3. The van der Waals surface area contributed by atoms with E-state index in [1.54, 1.807) is 0 Å². The van der Waals surface area contributed by atoms with Crippen molar-refractivity contribution in [1.29, 1.82) is 0 Å². The molecule has 0 radical (unpaired) electrons. The molecular formula is C17H28N2S. The van der Waals surface area contributed by atoms with Crippen LogP contribution in [0.15, 0.2) is 30.3 Å². The second-order valence-electron chi connectivity index (χ2n) is 5.95. The van der Waals surface area contributed by atoms with Gasteiger partial charge in [0.15, 0.2) is 0 Å². The summed E-state index contributed by atoms with van der Waals surface area (Å²) >= 11 is 2.10. The summed E-state index contributed by atoms with van der Waals surface area (Å²) in [5.74, 6) is 2.61. The third-order valence-electron chi connectivity index (χ3n) is 4.12. The van der Waals surface area contributed by atoms with Crippen molar-refractivity contribution in [3.63, 3.8) is 0 Å². The number of thioether (sulfide) groups is 1. The van der Waals surface area contributed by atoms with Crippen LogP contribution in [0.1, 0.15) is 25.8 Å². The standard InChI is InChI=1S/C17H28N2S/c1-3-18-14-17(2,16-8-5-4-6-9-16)15-19-10-7-12-20-13-11-19/h4-6,8-9,18H,3,7,10-15H2,1-2H3. The van der Waals surface area contributed by atoms with Crippen LogP contribution in [0.3, 0.4) is 0 Å². The molecule has 1 heterocycles.